The zero-order valence-corrected chi connectivity index (χ0v) is 17.6. The van der Waals surface area contributed by atoms with Gasteiger partial charge in [-0.1, -0.05) is 54.6 Å². The molecule has 1 unspecified atom stereocenters. The van der Waals surface area contributed by atoms with E-state index in [4.69, 9.17) is 4.74 Å². The van der Waals surface area contributed by atoms with Crippen LogP contribution in [0.5, 0.6) is 5.75 Å². The van der Waals surface area contributed by atoms with Gasteiger partial charge in [0.2, 0.25) is 0 Å². The fraction of sp³-hybridized carbons (Fsp3) is 0.231. The summed E-state index contributed by atoms with van der Waals surface area (Å²) in [4.78, 5) is 2.31. The molecule has 1 aromatic heterocycles. The molecule has 0 saturated heterocycles. The first-order valence-corrected chi connectivity index (χ1v) is 11.3. The van der Waals surface area contributed by atoms with Gasteiger partial charge in [-0.3, -0.25) is 4.90 Å². The molecule has 5 rings (SSSR count). The molecule has 30 heavy (non-hydrogen) atoms. The van der Waals surface area contributed by atoms with E-state index in [2.05, 4.69) is 70.9 Å². The van der Waals surface area contributed by atoms with Crippen LogP contribution in [0.4, 0.5) is 0 Å². The third-order valence-corrected chi connectivity index (χ3v) is 6.71. The van der Waals surface area contributed by atoms with Crippen molar-refractivity contribution >= 4 is 21.4 Å². The van der Waals surface area contributed by atoms with Crippen molar-refractivity contribution in [2.45, 2.75) is 19.1 Å². The second kappa shape index (κ2) is 8.60. The van der Waals surface area contributed by atoms with Crippen LogP contribution in [0.1, 0.15) is 11.1 Å². The number of rotatable bonds is 6. The zero-order chi connectivity index (χ0) is 20.3. The lowest BCUT2D eigenvalue weighted by molar-refractivity contribution is 0.0638. The quantitative estimate of drug-likeness (QED) is 0.460. The van der Waals surface area contributed by atoms with Crippen molar-refractivity contribution in [2.24, 2.45) is 0 Å². The van der Waals surface area contributed by atoms with E-state index in [-0.39, 0.29) is 0 Å². The van der Waals surface area contributed by atoms with Gasteiger partial charge in [-0.25, -0.2) is 0 Å². The van der Waals surface area contributed by atoms with Gasteiger partial charge in [-0.15, -0.1) is 11.3 Å². The Labute approximate surface area is 181 Å². The van der Waals surface area contributed by atoms with Crippen LogP contribution < -0.4 is 4.74 Å². The molecule has 4 aromatic rings. The lowest BCUT2D eigenvalue weighted by Gasteiger charge is -2.30. The van der Waals surface area contributed by atoms with Crippen LogP contribution in [0, 0.1) is 0 Å². The summed E-state index contributed by atoms with van der Waals surface area (Å²) in [6, 6.07) is 25.2. The second-order valence-electron chi connectivity index (χ2n) is 7.89. The number of nitrogens with zero attached hydrogens (tertiary/aromatic N) is 1. The Morgan fingerprint density at radius 3 is 2.73 bits per heavy atom. The van der Waals surface area contributed by atoms with E-state index in [1.54, 1.807) is 11.3 Å². The number of β-amino-alcohol motifs (C(OH)–C–C–N with tert-alkyl or cyclic N) is 1. The van der Waals surface area contributed by atoms with Crippen molar-refractivity contribution < 1.29 is 9.84 Å². The largest absolute Gasteiger partial charge is 0.491 e. The second-order valence-corrected chi connectivity index (χ2v) is 8.80. The molecule has 4 heteroatoms. The molecular weight excluding hydrogens is 390 g/mol. The van der Waals surface area contributed by atoms with Gasteiger partial charge in [-0.2, -0.15) is 0 Å². The third kappa shape index (κ3) is 4.12. The highest BCUT2D eigenvalue weighted by atomic mass is 32.1. The number of fused-ring (bicyclic) bond motifs is 2. The summed E-state index contributed by atoms with van der Waals surface area (Å²) in [5.74, 6) is 0.797. The number of aliphatic hydroxyl groups excluding tert-OH is 1. The first kappa shape index (κ1) is 19.3. The number of hydrogen-bond acceptors (Lipinski definition) is 4. The summed E-state index contributed by atoms with van der Waals surface area (Å²) >= 11 is 1.76. The maximum Gasteiger partial charge on any atom is 0.120 e. The number of benzene rings is 3. The maximum absolute atomic E-state index is 10.5. The molecule has 1 aliphatic heterocycles. The number of aliphatic hydroxyl groups is 1. The lowest BCUT2D eigenvalue weighted by atomic mass is 10.00. The SMILES string of the molecule is OC(COc1cccc(-c2csc3ccccc23)c1)CN1CCc2ccccc2C1. The van der Waals surface area contributed by atoms with Crippen molar-refractivity contribution in [3.8, 4) is 16.9 Å². The molecular formula is C26H25NO2S. The minimum Gasteiger partial charge on any atom is -0.491 e. The van der Waals surface area contributed by atoms with Crippen molar-refractivity contribution in [3.63, 3.8) is 0 Å². The Balaban J connectivity index is 1.21. The lowest BCUT2D eigenvalue weighted by Crippen LogP contribution is -2.38. The molecule has 0 radical (unpaired) electrons. The van der Waals surface area contributed by atoms with Crippen LogP contribution in [0.25, 0.3) is 21.2 Å². The molecule has 3 aromatic carbocycles. The highest BCUT2D eigenvalue weighted by Gasteiger charge is 2.18. The number of thiophene rings is 1. The average Bonchev–Trinajstić information content (AvgIpc) is 3.22. The first-order valence-electron chi connectivity index (χ1n) is 10.4. The fourth-order valence-corrected chi connectivity index (χ4v) is 5.18. The van der Waals surface area contributed by atoms with Gasteiger partial charge in [0.1, 0.15) is 18.5 Å². The Morgan fingerprint density at radius 1 is 0.967 bits per heavy atom. The van der Waals surface area contributed by atoms with Gasteiger partial charge in [0.25, 0.3) is 0 Å². The van der Waals surface area contributed by atoms with E-state index in [0.717, 1.165) is 30.8 Å². The standard InChI is InChI=1S/C26H25NO2S/c28-22(16-27-13-12-19-6-1-2-7-21(19)15-27)17-29-23-9-5-8-20(14-23)25-18-30-26-11-4-3-10-24(25)26/h1-11,14,18,22,28H,12-13,15-17H2. The van der Waals surface area contributed by atoms with Crippen LogP contribution in [-0.2, 0) is 13.0 Å². The molecule has 2 heterocycles. The van der Waals surface area contributed by atoms with E-state index in [1.165, 1.54) is 26.8 Å². The summed E-state index contributed by atoms with van der Waals surface area (Å²) in [6.45, 7) is 2.80. The Bertz CT molecular complexity index is 1150. The van der Waals surface area contributed by atoms with E-state index in [0.29, 0.717) is 13.2 Å². The van der Waals surface area contributed by atoms with Crippen molar-refractivity contribution in [1.82, 2.24) is 4.90 Å². The first-order chi connectivity index (χ1) is 14.8. The normalized spacial score (nSPS) is 15.1. The molecule has 0 fully saturated rings. The number of ether oxygens (including phenoxy) is 1. The van der Waals surface area contributed by atoms with Crippen molar-refractivity contribution in [1.29, 1.82) is 0 Å². The van der Waals surface area contributed by atoms with Gasteiger partial charge in [0.05, 0.1) is 0 Å². The van der Waals surface area contributed by atoms with Crippen LogP contribution in [0.3, 0.4) is 0 Å². The minimum absolute atomic E-state index is 0.298. The molecule has 1 N–H and O–H groups in total. The molecule has 0 aliphatic carbocycles. The van der Waals surface area contributed by atoms with Crippen LogP contribution in [-0.4, -0.2) is 35.8 Å². The molecule has 1 aliphatic rings. The average molecular weight is 416 g/mol. The van der Waals surface area contributed by atoms with E-state index >= 15 is 0 Å². The topological polar surface area (TPSA) is 32.7 Å². The Hall–Kier alpha value is -2.66. The Morgan fingerprint density at radius 2 is 1.80 bits per heavy atom. The summed E-state index contributed by atoms with van der Waals surface area (Å²) in [7, 11) is 0. The van der Waals surface area contributed by atoms with E-state index in [1.807, 2.05) is 12.1 Å². The summed E-state index contributed by atoms with van der Waals surface area (Å²) in [6.07, 6.45) is 0.529. The van der Waals surface area contributed by atoms with Crippen LogP contribution >= 0.6 is 11.3 Å². The fourth-order valence-electron chi connectivity index (χ4n) is 4.21. The molecule has 0 saturated carbocycles. The molecule has 152 valence electrons. The van der Waals surface area contributed by atoms with Crippen LogP contribution in [0.15, 0.2) is 78.2 Å². The van der Waals surface area contributed by atoms with Gasteiger partial charge >= 0.3 is 0 Å². The van der Waals surface area contributed by atoms with Crippen molar-refractivity contribution in [3.05, 3.63) is 89.3 Å². The molecule has 0 spiro atoms. The maximum atomic E-state index is 10.5. The summed E-state index contributed by atoms with van der Waals surface area (Å²) in [5.41, 5.74) is 5.17. The predicted octanol–water partition coefficient (Wildman–Crippen LogP) is 5.37. The van der Waals surface area contributed by atoms with E-state index in [9.17, 15) is 5.11 Å². The summed E-state index contributed by atoms with van der Waals surface area (Å²) in [5, 5.41) is 14.0. The smallest absolute Gasteiger partial charge is 0.120 e. The third-order valence-electron chi connectivity index (χ3n) is 5.75. The number of hydrogen-bond donors (Lipinski definition) is 1. The minimum atomic E-state index is -0.513. The highest BCUT2D eigenvalue weighted by molar-refractivity contribution is 7.17. The summed E-state index contributed by atoms with van der Waals surface area (Å²) < 4.78 is 7.25. The molecule has 3 nitrogen and oxygen atoms in total. The monoisotopic (exact) mass is 415 g/mol. The zero-order valence-electron chi connectivity index (χ0n) is 16.8. The van der Waals surface area contributed by atoms with Gasteiger partial charge in [0.15, 0.2) is 0 Å². The Kier molecular flexibility index (Phi) is 5.54. The van der Waals surface area contributed by atoms with Gasteiger partial charge in [-0.05, 0) is 46.7 Å². The van der Waals surface area contributed by atoms with Crippen LogP contribution in [0.2, 0.25) is 0 Å². The van der Waals surface area contributed by atoms with E-state index < -0.39 is 6.10 Å². The molecule has 1 atom stereocenters. The molecule has 0 bridgehead atoms. The van der Waals surface area contributed by atoms with Gasteiger partial charge in [0, 0.05) is 35.3 Å². The van der Waals surface area contributed by atoms with Crippen molar-refractivity contribution in [2.75, 3.05) is 19.7 Å². The predicted molar refractivity (Wildman–Crippen MR) is 124 cm³/mol. The highest BCUT2D eigenvalue weighted by Crippen LogP contribution is 2.35. The van der Waals surface area contributed by atoms with Gasteiger partial charge < -0.3 is 9.84 Å². The molecule has 0 amide bonds.